The normalized spacial score (nSPS) is 32.7. The van der Waals surface area contributed by atoms with E-state index >= 15 is 0 Å². The number of hydrogen-bond acceptors (Lipinski definition) is 2. The van der Waals surface area contributed by atoms with Crippen LogP contribution in [-0.4, -0.2) is 29.9 Å². The highest BCUT2D eigenvalue weighted by Gasteiger charge is 2.67. The van der Waals surface area contributed by atoms with Crippen LogP contribution in [0.4, 0.5) is 0 Å². The summed E-state index contributed by atoms with van der Waals surface area (Å²) in [7, 11) is 2.14. The van der Waals surface area contributed by atoms with Crippen molar-refractivity contribution in [1.29, 1.82) is 0 Å². The van der Waals surface area contributed by atoms with Crippen molar-refractivity contribution in [1.82, 2.24) is 0 Å². The lowest BCUT2D eigenvalue weighted by molar-refractivity contribution is -0.748. The van der Waals surface area contributed by atoms with Gasteiger partial charge in [-0.1, -0.05) is 29.8 Å². The number of Topliss-reactive ketones (excluding diaryl/α,β-unsaturated/α-hetero) is 1. The molecule has 0 aliphatic carbocycles. The van der Waals surface area contributed by atoms with Gasteiger partial charge in [0.2, 0.25) is 11.8 Å². The summed E-state index contributed by atoms with van der Waals surface area (Å²) >= 11 is 1.71. The molecule has 0 amide bonds. The lowest BCUT2D eigenvalue weighted by Crippen LogP contribution is -2.46. The van der Waals surface area contributed by atoms with E-state index < -0.39 is 5.41 Å². The molecule has 2 aromatic rings. The monoisotopic (exact) mass is 324 g/mol. The Morgan fingerprint density at radius 1 is 1.30 bits per heavy atom. The van der Waals surface area contributed by atoms with Gasteiger partial charge in [-0.2, -0.15) is 0 Å². The minimum Gasteiger partial charge on any atom is -0.292 e. The number of allylic oxidation sites excluding steroid dienone is 1. The zero-order valence-electron chi connectivity index (χ0n) is 13.9. The lowest BCUT2D eigenvalue weighted by Gasteiger charge is -2.33. The smallest absolute Gasteiger partial charge is 0.207 e. The maximum absolute atomic E-state index is 13.0. The SMILES string of the molecule is C=C1CC(C)(c2cc(-c3cccc(C)c3)cs2)C(=O)C2C[N+]12C. The number of carbonyl (C=O) groups excluding carboxylic acids is 1. The van der Waals surface area contributed by atoms with Crippen molar-refractivity contribution in [2.45, 2.75) is 31.7 Å². The molecule has 2 fully saturated rings. The largest absolute Gasteiger partial charge is 0.292 e. The number of benzene rings is 1. The van der Waals surface area contributed by atoms with Crippen LogP contribution in [0.1, 0.15) is 23.8 Å². The Bertz CT molecular complexity index is 836. The van der Waals surface area contributed by atoms with E-state index in [2.05, 4.69) is 63.2 Å². The molecular weight excluding hydrogens is 302 g/mol. The van der Waals surface area contributed by atoms with Crippen molar-refractivity contribution in [2.24, 2.45) is 0 Å². The summed E-state index contributed by atoms with van der Waals surface area (Å²) in [6.07, 6.45) is 0.770. The first-order valence-electron chi connectivity index (χ1n) is 8.08. The molecule has 4 rings (SSSR count). The van der Waals surface area contributed by atoms with Gasteiger partial charge in [0.1, 0.15) is 12.2 Å². The molecule has 0 bridgehead atoms. The van der Waals surface area contributed by atoms with E-state index in [1.54, 1.807) is 11.3 Å². The van der Waals surface area contributed by atoms with E-state index in [-0.39, 0.29) is 6.04 Å². The van der Waals surface area contributed by atoms with Gasteiger partial charge in [0, 0.05) is 11.3 Å². The zero-order valence-corrected chi connectivity index (χ0v) is 14.7. The Kier molecular flexibility index (Phi) is 3.00. The summed E-state index contributed by atoms with van der Waals surface area (Å²) in [6, 6.07) is 10.9. The van der Waals surface area contributed by atoms with Crippen molar-refractivity contribution in [2.75, 3.05) is 13.6 Å². The van der Waals surface area contributed by atoms with Gasteiger partial charge >= 0.3 is 0 Å². The van der Waals surface area contributed by atoms with Crippen molar-refractivity contribution in [3.63, 3.8) is 0 Å². The predicted octanol–water partition coefficient (Wildman–Crippen LogP) is 4.30. The molecule has 3 heteroatoms. The summed E-state index contributed by atoms with van der Waals surface area (Å²) in [5, 5.41) is 2.18. The van der Waals surface area contributed by atoms with Crippen LogP contribution in [0, 0.1) is 6.92 Å². The first-order chi connectivity index (χ1) is 10.8. The number of carbonyl (C=O) groups is 1. The van der Waals surface area contributed by atoms with Gasteiger partial charge in [-0.3, -0.25) is 9.28 Å². The van der Waals surface area contributed by atoms with Crippen LogP contribution >= 0.6 is 11.3 Å². The van der Waals surface area contributed by atoms with Crippen LogP contribution in [0.2, 0.25) is 0 Å². The van der Waals surface area contributed by atoms with Crippen LogP contribution < -0.4 is 0 Å². The number of rotatable bonds is 2. The second-order valence-electron chi connectivity index (χ2n) is 7.47. The molecule has 3 heterocycles. The minimum atomic E-state index is -0.400. The Morgan fingerprint density at radius 2 is 2.09 bits per heavy atom. The predicted molar refractivity (Wildman–Crippen MR) is 95.4 cm³/mol. The van der Waals surface area contributed by atoms with Crippen molar-refractivity contribution in [3.05, 3.63) is 58.4 Å². The first-order valence-corrected chi connectivity index (χ1v) is 8.96. The third kappa shape index (κ3) is 2.07. The Balaban J connectivity index is 1.71. The molecule has 0 N–H and O–H groups in total. The number of piperidine rings is 1. The fraction of sp³-hybridized carbons (Fsp3) is 0.350. The molecule has 2 aliphatic heterocycles. The van der Waals surface area contributed by atoms with Crippen molar-refractivity contribution < 1.29 is 9.28 Å². The van der Waals surface area contributed by atoms with Crippen molar-refractivity contribution >= 4 is 17.1 Å². The third-order valence-electron chi connectivity index (χ3n) is 5.73. The molecule has 2 aliphatic rings. The van der Waals surface area contributed by atoms with Gasteiger partial charge in [0.15, 0.2) is 0 Å². The highest BCUT2D eigenvalue weighted by Crippen LogP contribution is 2.51. The Morgan fingerprint density at radius 3 is 2.83 bits per heavy atom. The molecule has 3 unspecified atom stereocenters. The Hall–Kier alpha value is -1.71. The lowest BCUT2D eigenvalue weighted by atomic mass is 9.76. The Labute approximate surface area is 141 Å². The fourth-order valence-corrected chi connectivity index (χ4v) is 4.94. The number of fused-ring (bicyclic) bond motifs is 1. The third-order valence-corrected chi connectivity index (χ3v) is 6.92. The topological polar surface area (TPSA) is 17.1 Å². The average molecular weight is 324 g/mol. The summed E-state index contributed by atoms with van der Waals surface area (Å²) in [5.41, 5.74) is 4.50. The van der Waals surface area contributed by atoms with Gasteiger partial charge in [0.25, 0.3) is 0 Å². The maximum atomic E-state index is 13.0. The molecule has 0 saturated carbocycles. The van der Waals surface area contributed by atoms with Gasteiger partial charge in [0.05, 0.1) is 12.5 Å². The summed E-state index contributed by atoms with van der Waals surface area (Å²) in [6.45, 7) is 9.41. The number of likely N-dealkylation sites (N-methyl/N-ethyl adjacent to an activating group) is 1. The maximum Gasteiger partial charge on any atom is 0.207 e. The van der Waals surface area contributed by atoms with Gasteiger partial charge in [-0.15, -0.1) is 11.3 Å². The standard InChI is InChI=1S/C20H22NOS/c1-13-6-5-7-15(8-13)16-9-18(23-12-16)20(3)10-14(2)21(4)11-17(21)19(20)22/h5-9,12,17H,2,10-11H2,1,3-4H3/q+1. The van der Waals surface area contributed by atoms with E-state index in [9.17, 15) is 4.79 Å². The molecule has 0 radical (unpaired) electrons. The number of thiophene rings is 1. The number of hydrogen-bond donors (Lipinski definition) is 0. The highest BCUT2D eigenvalue weighted by atomic mass is 32.1. The molecular formula is C20H22NOS+. The zero-order chi connectivity index (χ0) is 16.4. The quantitative estimate of drug-likeness (QED) is 0.595. The van der Waals surface area contributed by atoms with Gasteiger partial charge < -0.3 is 0 Å². The molecule has 3 atom stereocenters. The van der Waals surface area contributed by atoms with Crippen LogP contribution in [0.3, 0.4) is 0 Å². The summed E-state index contributed by atoms with van der Waals surface area (Å²) in [4.78, 5) is 14.2. The second kappa shape index (κ2) is 4.65. The molecule has 1 aromatic carbocycles. The van der Waals surface area contributed by atoms with E-state index in [1.807, 2.05) is 0 Å². The van der Waals surface area contributed by atoms with Crippen LogP contribution in [-0.2, 0) is 10.2 Å². The number of nitrogens with zero attached hydrogens (tertiary/aromatic N) is 1. The minimum absolute atomic E-state index is 0.130. The summed E-state index contributed by atoms with van der Waals surface area (Å²) < 4.78 is 0.768. The molecule has 0 spiro atoms. The molecule has 2 saturated heterocycles. The van der Waals surface area contributed by atoms with E-state index in [0.717, 1.165) is 17.4 Å². The number of ketones is 1. The molecule has 118 valence electrons. The van der Waals surface area contributed by atoms with Crippen LogP contribution in [0.15, 0.2) is 48.0 Å². The first kappa shape index (κ1) is 14.9. The number of quaternary nitrogens is 1. The van der Waals surface area contributed by atoms with Crippen molar-refractivity contribution in [3.8, 4) is 11.1 Å². The van der Waals surface area contributed by atoms with Gasteiger partial charge in [-0.05, 0) is 43.0 Å². The summed E-state index contributed by atoms with van der Waals surface area (Å²) in [5.74, 6) is 0.394. The average Bonchev–Trinajstić information content (AvgIpc) is 2.98. The van der Waals surface area contributed by atoms with Crippen LogP contribution in [0.25, 0.3) is 11.1 Å². The molecule has 2 nitrogen and oxygen atoms in total. The molecule has 1 aromatic heterocycles. The molecule has 23 heavy (non-hydrogen) atoms. The fourth-order valence-electron chi connectivity index (χ4n) is 3.86. The van der Waals surface area contributed by atoms with E-state index in [0.29, 0.717) is 5.78 Å². The number of aryl methyl sites for hydroxylation is 1. The van der Waals surface area contributed by atoms with Crippen LogP contribution in [0.5, 0.6) is 0 Å². The highest BCUT2D eigenvalue weighted by molar-refractivity contribution is 7.10. The van der Waals surface area contributed by atoms with Gasteiger partial charge in [-0.25, -0.2) is 0 Å². The van der Waals surface area contributed by atoms with E-state index in [1.165, 1.54) is 27.3 Å². The van der Waals surface area contributed by atoms with E-state index in [4.69, 9.17) is 0 Å². The second-order valence-corrected chi connectivity index (χ2v) is 8.39.